The number of rotatable bonds is 7. The maximum Gasteiger partial charge on any atom is 0.322 e. The Balaban J connectivity index is 1.53. The van der Waals surface area contributed by atoms with Gasteiger partial charge in [-0.3, -0.25) is 25.7 Å². The Kier molecular flexibility index (Phi) is 5.03. The second kappa shape index (κ2) is 7.24. The highest BCUT2D eigenvalue weighted by molar-refractivity contribution is 9.10. The lowest BCUT2D eigenvalue weighted by molar-refractivity contribution is -0.125. The number of imide groups is 1. The van der Waals surface area contributed by atoms with Gasteiger partial charge < -0.3 is 10.6 Å². The smallest absolute Gasteiger partial charge is 0.322 e. The summed E-state index contributed by atoms with van der Waals surface area (Å²) in [6.07, 6.45) is 2.69. The summed E-state index contributed by atoms with van der Waals surface area (Å²) in [6, 6.07) is 6.66. The Bertz CT molecular complexity index is 790. The zero-order valence-electron chi connectivity index (χ0n) is 13.6. The molecule has 1 saturated heterocycles. The fourth-order valence-corrected chi connectivity index (χ4v) is 2.97. The van der Waals surface area contributed by atoms with Crippen LogP contribution in [-0.4, -0.2) is 41.9 Å². The standard InChI is InChI=1S/C16H17BrN6O3/c17-10-3-5-11(6-4-10)23-20-7-12(18)13(24)19-8-16(9-1-2-9)14(25)21-15(26)22-16/h3-7,9,18,23H,1-2,8H2,(H,19,24)(H2,21,22,25,26)/b18-12?,20-7-/t16-/m0/s1. The van der Waals surface area contributed by atoms with Gasteiger partial charge in [0.15, 0.2) is 0 Å². The highest BCUT2D eigenvalue weighted by Crippen LogP contribution is 2.40. The number of halogens is 1. The molecule has 1 heterocycles. The minimum atomic E-state index is -1.13. The summed E-state index contributed by atoms with van der Waals surface area (Å²) in [5.74, 6) is -1.13. The maximum absolute atomic E-state index is 12.1. The van der Waals surface area contributed by atoms with Crippen LogP contribution in [0.3, 0.4) is 0 Å². The average molecular weight is 421 g/mol. The molecule has 2 fully saturated rings. The molecule has 136 valence electrons. The van der Waals surface area contributed by atoms with Gasteiger partial charge in [-0.1, -0.05) is 15.9 Å². The molecule has 0 radical (unpaired) electrons. The SMILES string of the molecule is N=C(/C=N\Nc1ccc(Br)cc1)C(=O)NC[C@@]1(C2CC2)NC(=O)NC1=O. The predicted octanol–water partition coefficient (Wildman–Crippen LogP) is 0.971. The van der Waals surface area contributed by atoms with Crippen molar-refractivity contribution in [2.24, 2.45) is 11.0 Å². The van der Waals surface area contributed by atoms with Crippen LogP contribution >= 0.6 is 15.9 Å². The van der Waals surface area contributed by atoms with Crippen molar-refractivity contribution in [1.29, 1.82) is 5.41 Å². The first-order valence-electron chi connectivity index (χ1n) is 7.96. The van der Waals surface area contributed by atoms with E-state index in [4.69, 9.17) is 5.41 Å². The van der Waals surface area contributed by atoms with Crippen LogP contribution < -0.4 is 21.4 Å². The molecule has 0 spiro atoms. The molecule has 2 aliphatic rings. The molecule has 1 aliphatic carbocycles. The van der Waals surface area contributed by atoms with Gasteiger partial charge in [-0.25, -0.2) is 4.79 Å². The van der Waals surface area contributed by atoms with E-state index in [1.165, 1.54) is 0 Å². The summed E-state index contributed by atoms with van der Waals surface area (Å²) in [6.45, 7) is -0.0650. The number of hydrogen-bond donors (Lipinski definition) is 5. The molecule has 0 aromatic heterocycles. The highest BCUT2D eigenvalue weighted by Gasteiger charge is 2.56. The number of nitrogens with zero attached hydrogens (tertiary/aromatic N) is 1. The number of carbonyl (C=O) groups is 3. The van der Waals surface area contributed by atoms with Gasteiger partial charge in [0.25, 0.3) is 11.8 Å². The molecule has 0 bridgehead atoms. The van der Waals surface area contributed by atoms with Gasteiger partial charge in [0.2, 0.25) is 0 Å². The monoisotopic (exact) mass is 420 g/mol. The van der Waals surface area contributed by atoms with E-state index in [9.17, 15) is 14.4 Å². The van der Waals surface area contributed by atoms with Gasteiger partial charge in [0, 0.05) is 4.47 Å². The van der Waals surface area contributed by atoms with Gasteiger partial charge in [0.1, 0.15) is 11.3 Å². The van der Waals surface area contributed by atoms with E-state index in [-0.39, 0.29) is 18.2 Å². The van der Waals surface area contributed by atoms with Crippen molar-refractivity contribution in [2.45, 2.75) is 18.4 Å². The van der Waals surface area contributed by atoms with Gasteiger partial charge in [-0.05, 0) is 43.0 Å². The number of amides is 4. The van der Waals surface area contributed by atoms with E-state index >= 15 is 0 Å². The summed E-state index contributed by atoms with van der Waals surface area (Å²) in [7, 11) is 0. The second-order valence-electron chi connectivity index (χ2n) is 6.13. The van der Waals surface area contributed by atoms with Crippen LogP contribution in [-0.2, 0) is 9.59 Å². The molecular weight excluding hydrogens is 404 g/mol. The third-order valence-electron chi connectivity index (χ3n) is 4.25. The summed E-state index contributed by atoms with van der Waals surface area (Å²) in [4.78, 5) is 35.6. The summed E-state index contributed by atoms with van der Waals surface area (Å²) in [5.41, 5.74) is 1.92. The lowest BCUT2D eigenvalue weighted by Gasteiger charge is -2.25. The Morgan fingerprint density at radius 2 is 2.04 bits per heavy atom. The van der Waals surface area contributed by atoms with Gasteiger partial charge in [-0.15, -0.1) is 0 Å². The third-order valence-corrected chi connectivity index (χ3v) is 4.78. The zero-order chi connectivity index (χ0) is 18.7. The van der Waals surface area contributed by atoms with E-state index in [0.29, 0.717) is 5.69 Å². The molecule has 1 atom stereocenters. The molecule has 3 rings (SSSR count). The quantitative estimate of drug-likeness (QED) is 0.255. The molecular formula is C16H17BrN6O3. The van der Waals surface area contributed by atoms with Crippen LogP contribution in [0.15, 0.2) is 33.8 Å². The number of hydrogen-bond acceptors (Lipinski definition) is 6. The highest BCUT2D eigenvalue weighted by atomic mass is 79.9. The third kappa shape index (κ3) is 3.90. The van der Waals surface area contributed by atoms with Crippen molar-refractivity contribution < 1.29 is 14.4 Å². The Morgan fingerprint density at radius 3 is 2.62 bits per heavy atom. The minimum absolute atomic E-state index is 0.00354. The van der Waals surface area contributed by atoms with E-state index in [1.807, 2.05) is 12.1 Å². The maximum atomic E-state index is 12.1. The van der Waals surface area contributed by atoms with Crippen molar-refractivity contribution in [3.63, 3.8) is 0 Å². The number of urea groups is 1. The molecule has 9 nitrogen and oxygen atoms in total. The molecule has 26 heavy (non-hydrogen) atoms. The first kappa shape index (κ1) is 18.1. The van der Waals surface area contributed by atoms with Gasteiger partial charge >= 0.3 is 6.03 Å². The van der Waals surface area contributed by atoms with Crippen LogP contribution in [0.5, 0.6) is 0 Å². The zero-order valence-corrected chi connectivity index (χ0v) is 15.2. The molecule has 5 N–H and O–H groups in total. The molecule has 0 unspecified atom stereocenters. The first-order chi connectivity index (χ1) is 12.4. The van der Waals surface area contributed by atoms with Crippen molar-refractivity contribution in [3.8, 4) is 0 Å². The molecule has 10 heteroatoms. The fourth-order valence-electron chi connectivity index (χ4n) is 2.71. The van der Waals surface area contributed by atoms with Crippen LogP contribution in [0.4, 0.5) is 10.5 Å². The van der Waals surface area contributed by atoms with Crippen molar-refractivity contribution in [3.05, 3.63) is 28.7 Å². The van der Waals surface area contributed by atoms with Crippen molar-refractivity contribution >= 4 is 51.4 Å². The Labute approximate surface area is 157 Å². The summed E-state index contributed by atoms with van der Waals surface area (Å²) >= 11 is 3.32. The van der Waals surface area contributed by atoms with E-state index < -0.39 is 23.4 Å². The lowest BCUT2D eigenvalue weighted by atomic mass is 9.93. The second-order valence-corrected chi connectivity index (χ2v) is 7.04. The van der Waals surface area contributed by atoms with E-state index in [1.54, 1.807) is 12.1 Å². The largest absolute Gasteiger partial charge is 0.348 e. The van der Waals surface area contributed by atoms with Crippen molar-refractivity contribution in [1.82, 2.24) is 16.0 Å². The molecule has 4 amide bonds. The predicted molar refractivity (Wildman–Crippen MR) is 99.1 cm³/mol. The molecule has 1 aromatic rings. The normalized spacial score (nSPS) is 22.0. The lowest BCUT2D eigenvalue weighted by Crippen LogP contribution is -2.57. The Morgan fingerprint density at radius 1 is 1.35 bits per heavy atom. The van der Waals surface area contributed by atoms with E-state index in [2.05, 4.69) is 42.4 Å². The van der Waals surface area contributed by atoms with Gasteiger partial charge in [-0.2, -0.15) is 5.10 Å². The van der Waals surface area contributed by atoms with Crippen molar-refractivity contribution in [2.75, 3.05) is 12.0 Å². The van der Waals surface area contributed by atoms with E-state index in [0.717, 1.165) is 23.5 Å². The summed E-state index contributed by atoms with van der Waals surface area (Å²) < 4.78 is 0.923. The minimum Gasteiger partial charge on any atom is -0.348 e. The molecule has 1 aliphatic heterocycles. The first-order valence-corrected chi connectivity index (χ1v) is 8.75. The average Bonchev–Trinajstić information content (AvgIpc) is 3.41. The number of benzene rings is 1. The summed E-state index contributed by atoms with van der Waals surface area (Å²) in [5, 5.41) is 18.9. The number of hydrazone groups is 1. The number of anilines is 1. The number of carbonyl (C=O) groups excluding carboxylic acids is 3. The van der Waals surface area contributed by atoms with Crippen LogP contribution in [0.1, 0.15) is 12.8 Å². The van der Waals surface area contributed by atoms with Crippen LogP contribution in [0.2, 0.25) is 0 Å². The molecule has 1 saturated carbocycles. The van der Waals surface area contributed by atoms with Gasteiger partial charge in [0.05, 0.1) is 18.4 Å². The number of nitrogens with one attached hydrogen (secondary N) is 5. The Hall–Kier alpha value is -2.75. The van der Waals surface area contributed by atoms with Crippen LogP contribution in [0.25, 0.3) is 0 Å². The molecule has 1 aromatic carbocycles. The van der Waals surface area contributed by atoms with Crippen LogP contribution in [0, 0.1) is 11.3 Å². The fraction of sp³-hybridized carbons (Fsp3) is 0.312. The topological polar surface area (TPSA) is 136 Å².